The molecule has 35 heavy (non-hydrogen) atoms. The molecule has 0 saturated carbocycles. The molecule has 2 unspecified atom stereocenters. The van der Waals surface area contributed by atoms with E-state index in [2.05, 4.69) is 4.98 Å². The van der Waals surface area contributed by atoms with Gasteiger partial charge in [0.2, 0.25) is 5.79 Å². The van der Waals surface area contributed by atoms with Crippen LogP contribution in [0.4, 0.5) is 0 Å². The first-order valence-corrected chi connectivity index (χ1v) is 11.5. The van der Waals surface area contributed by atoms with Gasteiger partial charge in [0.25, 0.3) is 0 Å². The molecule has 0 amide bonds. The summed E-state index contributed by atoms with van der Waals surface area (Å²) < 4.78 is 25.7. The van der Waals surface area contributed by atoms with E-state index in [0.717, 1.165) is 0 Å². The van der Waals surface area contributed by atoms with Gasteiger partial charge in [-0.15, -0.1) is 0 Å². The van der Waals surface area contributed by atoms with E-state index in [1.54, 1.807) is 56.2 Å². The van der Waals surface area contributed by atoms with Crippen LogP contribution in [0.25, 0.3) is 0 Å². The molecular formula is C26H28ClN3O5. The minimum absolute atomic E-state index is 0.0709. The third kappa shape index (κ3) is 6.03. The molecular weight excluding hydrogens is 470 g/mol. The quantitative estimate of drug-likeness (QED) is 0.307. The van der Waals surface area contributed by atoms with Crippen molar-refractivity contribution in [1.29, 1.82) is 0 Å². The predicted molar refractivity (Wildman–Crippen MR) is 132 cm³/mol. The Labute approximate surface area is 209 Å². The Morgan fingerprint density at radius 3 is 2.69 bits per heavy atom. The molecule has 0 aliphatic carbocycles. The van der Waals surface area contributed by atoms with Crippen LogP contribution >= 0.6 is 11.6 Å². The summed E-state index contributed by atoms with van der Waals surface area (Å²) in [7, 11) is 5.32. The number of ketones is 1. The van der Waals surface area contributed by atoms with Crippen molar-refractivity contribution < 1.29 is 23.7 Å². The number of imidazole rings is 1. The van der Waals surface area contributed by atoms with Crippen LogP contribution in [-0.2, 0) is 21.8 Å². The smallest absolute Gasteiger partial charge is 0.215 e. The van der Waals surface area contributed by atoms with Crippen molar-refractivity contribution in [1.82, 2.24) is 14.5 Å². The number of hydrogen-bond donors (Lipinski definition) is 0. The lowest BCUT2D eigenvalue weighted by Crippen LogP contribution is -2.34. The number of nitrogens with zero attached hydrogens (tertiary/aromatic N) is 3. The van der Waals surface area contributed by atoms with Crippen molar-refractivity contribution in [2.75, 3.05) is 34.4 Å². The van der Waals surface area contributed by atoms with Crippen LogP contribution in [0.5, 0.6) is 11.5 Å². The number of aromatic nitrogens is 2. The number of halogens is 1. The third-order valence-corrected chi connectivity index (χ3v) is 5.81. The number of benzene rings is 2. The standard InChI is InChI=1S/C26H28ClN3O5/c1-29(2)12-10-25(31)19-4-6-20(7-5-19)33-15-22-16-34-26(35-22,17-30-13-11-28-18-30)23-9-8-21(32-3)14-24(23)27/h4-14,18,22H,15-17H2,1-3H3/b12-10+. The van der Waals surface area contributed by atoms with Gasteiger partial charge in [-0.05, 0) is 42.5 Å². The molecule has 2 aromatic carbocycles. The highest BCUT2D eigenvalue weighted by molar-refractivity contribution is 6.31. The zero-order valence-corrected chi connectivity index (χ0v) is 20.6. The Morgan fingerprint density at radius 2 is 2.03 bits per heavy atom. The Kier molecular flexibility index (Phi) is 7.75. The first-order valence-electron chi connectivity index (χ1n) is 11.1. The van der Waals surface area contributed by atoms with Crippen LogP contribution in [-0.4, -0.2) is 60.8 Å². The van der Waals surface area contributed by atoms with E-state index in [9.17, 15) is 4.79 Å². The number of hydrogen-bond acceptors (Lipinski definition) is 7. The molecule has 1 fully saturated rings. The summed E-state index contributed by atoms with van der Waals surface area (Å²) in [6.45, 7) is 0.961. The highest BCUT2D eigenvalue weighted by Crippen LogP contribution is 2.41. The Bertz CT molecular complexity index is 1160. The van der Waals surface area contributed by atoms with Gasteiger partial charge < -0.3 is 28.4 Å². The maximum absolute atomic E-state index is 12.2. The topological polar surface area (TPSA) is 75.1 Å². The zero-order valence-electron chi connectivity index (χ0n) is 19.9. The SMILES string of the molecule is COc1ccc(C2(Cn3ccnc3)OCC(COc3ccc(C(=O)/C=C/N(C)C)cc3)O2)c(Cl)c1. The predicted octanol–water partition coefficient (Wildman–Crippen LogP) is 4.15. The number of carbonyl (C=O) groups is 1. The van der Waals surface area contributed by atoms with Gasteiger partial charge in [-0.1, -0.05) is 11.6 Å². The molecule has 1 saturated heterocycles. The maximum atomic E-state index is 12.2. The molecule has 2 atom stereocenters. The Balaban J connectivity index is 1.44. The highest BCUT2D eigenvalue weighted by Gasteiger charge is 2.45. The fourth-order valence-corrected chi connectivity index (χ4v) is 4.04. The maximum Gasteiger partial charge on any atom is 0.215 e. The van der Waals surface area contributed by atoms with Gasteiger partial charge in [0, 0.05) is 49.9 Å². The molecule has 1 aromatic heterocycles. The number of carbonyl (C=O) groups excluding carboxylic acids is 1. The highest BCUT2D eigenvalue weighted by atomic mass is 35.5. The summed E-state index contributed by atoms with van der Waals surface area (Å²) in [5.74, 6) is 0.107. The van der Waals surface area contributed by atoms with E-state index in [-0.39, 0.29) is 18.5 Å². The van der Waals surface area contributed by atoms with Gasteiger partial charge >= 0.3 is 0 Å². The summed E-state index contributed by atoms with van der Waals surface area (Å²) >= 11 is 6.59. The van der Waals surface area contributed by atoms with Gasteiger partial charge in [0.15, 0.2) is 5.78 Å². The van der Waals surface area contributed by atoms with Gasteiger partial charge in [-0.25, -0.2) is 4.98 Å². The lowest BCUT2D eigenvalue weighted by molar-refractivity contribution is -0.189. The van der Waals surface area contributed by atoms with Gasteiger partial charge in [-0.2, -0.15) is 0 Å². The second-order valence-corrected chi connectivity index (χ2v) is 8.77. The van der Waals surface area contributed by atoms with Crippen molar-refractivity contribution in [3.63, 3.8) is 0 Å². The molecule has 8 nitrogen and oxygen atoms in total. The molecule has 0 spiro atoms. The minimum Gasteiger partial charge on any atom is -0.497 e. The van der Waals surface area contributed by atoms with Crippen molar-refractivity contribution >= 4 is 17.4 Å². The Hall–Kier alpha value is -3.33. The van der Waals surface area contributed by atoms with E-state index in [1.165, 1.54) is 6.08 Å². The van der Waals surface area contributed by atoms with Crippen molar-refractivity contribution in [2.45, 2.75) is 18.4 Å². The summed E-state index contributed by atoms with van der Waals surface area (Å²) in [5, 5.41) is 0.481. The first-order chi connectivity index (χ1) is 16.9. The second-order valence-electron chi connectivity index (χ2n) is 8.36. The largest absolute Gasteiger partial charge is 0.497 e. The molecule has 4 rings (SSSR count). The fraction of sp³-hybridized carbons (Fsp3) is 0.308. The molecule has 184 valence electrons. The molecule has 9 heteroatoms. The van der Waals surface area contributed by atoms with Crippen molar-refractivity contribution in [3.8, 4) is 11.5 Å². The summed E-state index contributed by atoms with van der Waals surface area (Å²) in [6.07, 6.45) is 8.15. The molecule has 2 heterocycles. The normalized spacial score (nSPS) is 19.7. The molecule has 1 aliphatic rings. The summed E-state index contributed by atoms with van der Waals surface area (Å²) in [6, 6.07) is 12.4. The number of ether oxygens (including phenoxy) is 4. The lowest BCUT2D eigenvalue weighted by Gasteiger charge is -2.30. The first kappa shape index (κ1) is 24.8. The van der Waals surface area contributed by atoms with Crippen molar-refractivity contribution in [2.24, 2.45) is 0 Å². The molecule has 0 radical (unpaired) electrons. The van der Waals surface area contributed by atoms with Crippen molar-refractivity contribution in [3.05, 3.63) is 89.6 Å². The van der Waals surface area contributed by atoms with Crippen LogP contribution in [0.15, 0.2) is 73.5 Å². The van der Waals surface area contributed by atoms with E-state index in [1.807, 2.05) is 41.9 Å². The van der Waals surface area contributed by atoms with E-state index >= 15 is 0 Å². The van der Waals surface area contributed by atoms with E-state index in [4.69, 9.17) is 30.5 Å². The number of methoxy groups -OCH3 is 1. The van der Waals surface area contributed by atoms with Gasteiger partial charge in [-0.3, -0.25) is 4.79 Å². The number of rotatable bonds is 10. The van der Waals surface area contributed by atoms with Crippen LogP contribution in [0.3, 0.4) is 0 Å². The van der Waals surface area contributed by atoms with E-state index in [0.29, 0.717) is 40.8 Å². The zero-order chi connectivity index (χ0) is 24.8. The van der Waals surface area contributed by atoms with Gasteiger partial charge in [0.05, 0.1) is 31.6 Å². The average Bonchev–Trinajstić information content (AvgIpc) is 3.52. The molecule has 3 aromatic rings. The summed E-state index contributed by atoms with van der Waals surface area (Å²) in [4.78, 5) is 18.1. The second kappa shape index (κ2) is 10.9. The monoisotopic (exact) mass is 497 g/mol. The number of allylic oxidation sites excluding steroid dienone is 1. The summed E-state index contributed by atoms with van der Waals surface area (Å²) in [5.41, 5.74) is 1.29. The van der Waals surface area contributed by atoms with E-state index < -0.39 is 5.79 Å². The van der Waals surface area contributed by atoms with Crippen LogP contribution < -0.4 is 9.47 Å². The minimum atomic E-state index is -1.10. The fourth-order valence-electron chi connectivity index (χ4n) is 3.73. The molecule has 1 aliphatic heterocycles. The average molecular weight is 498 g/mol. The third-order valence-electron chi connectivity index (χ3n) is 5.49. The lowest BCUT2D eigenvalue weighted by atomic mass is 10.1. The van der Waals surface area contributed by atoms with Gasteiger partial charge in [0.1, 0.15) is 24.2 Å². The Morgan fingerprint density at radius 1 is 1.26 bits per heavy atom. The molecule has 0 N–H and O–H groups in total. The molecule has 0 bridgehead atoms. The van der Waals surface area contributed by atoms with Crippen LogP contribution in [0.1, 0.15) is 15.9 Å². The van der Waals surface area contributed by atoms with Crippen LogP contribution in [0.2, 0.25) is 5.02 Å². The van der Waals surface area contributed by atoms with Crippen LogP contribution in [0, 0.1) is 0 Å².